The normalized spacial score (nSPS) is 12.9. The molecule has 0 spiro atoms. The molecule has 0 atom stereocenters. The molecule has 0 aliphatic carbocycles. The highest BCUT2D eigenvalue weighted by Gasteiger charge is 2.19. The molecule has 6 heteroatoms. The third-order valence-corrected chi connectivity index (χ3v) is 3.66. The van der Waals surface area contributed by atoms with Gasteiger partial charge in [0.1, 0.15) is 4.91 Å². The summed E-state index contributed by atoms with van der Waals surface area (Å²) in [7, 11) is -0.276. The number of sulfone groups is 1. The van der Waals surface area contributed by atoms with Gasteiger partial charge in [-0.1, -0.05) is 23.4 Å². The second-order valence-corrected chi connectivity index (χ2v) is 5.51. The van der Waals surface area contributed by atoms with Crippen molar-refractivity contribution in [3.8, 4) is 0 Å². The summed E-state index contributed by atoms with van der Waals surface area (Å²) in [5.74, 6) is 0. The van der Waals surface area contributed by atoms with E-state index in [0.717, 1.165) is 6.21 Å². The van der Waals surface area contributed by atoms with Crippen LogP contribution in [0.15, 0.2) is 51.5 Å². The molecule has 0 saturated heterocycles. The number of allylic oxidation sites excluding steroid dienone is 1. The van der Waals surface area contributed by atoms with E-state index in [0.29, 0.717) is 0 Å². The van der Waals surface area contributed by atoms with Crippen LogP contribution in [0.2, 0.25) is 0 Å². The summed E-state index contributed by atoms with van der Waals surface area (Å²) in [4.78, 5) is 1.65. The first-order chi connectivity index (χ1) is 7.98. The Morgan fingerprint density at radius 3 is 2.35 bits per heavy atom. The van der Waals surface area contributed by atoms with Crippen molar-refractivity contribution in [3.05, 3.63) is 41.4 Å². The molecule has 1 aromatic rings. The molecular weight excluding hydrogens is 240 g/mol. The lowest BCUT2D eigenvalue weighted by molar-refractivity contribution is 0.322. The molecule has 0 unspecified atom stereocenters. The highest BCUT2D eigenvalue weighted by atomic mass is 32.2. The molecule has 92 valence electrons. The minimum Gasteiger partial charge on any atom is -0.411 e. The van der Waals surface area contributed by atoms with E-state index >= 15 is 0 Å². The third-order valence-electron chi connectivity index (χ3n) is 1.93. The average molecular weight is 254 g/mol. The summed E-state index contributed by atoms with van der Waals surface area (Å²) in [6.07, 6.45) is 2.28. The standard InChI is InChI=1S/C11H14N2O3S/c1-13(2)9-11(8-12-14)17(15,16)10-6-4-3-5-7-10/h3-9,14H,1-2H3/b11-9-,12-8+. The lowest BCUT2D eigenvalue weighted by Gasteiger charge is -2.09. The number of oxime groups is 1. The Hall–Kier alpha value is -1.82. The zero-order chi connectivity index (χ0) is 12.9. The molecule has 0 aromatic heterocycles. The van der Waals surface area contributed by atoms with E-state index in [2.05, 4.69) is 5.16 Å². The maximum absolute atomic E-state index is 12.2. The van der Waals surface area contributed by atoms with Crippen molar-refractivity contribution < 1.29 is 13.6 Å². The summed E-state index contributed by atoms with van der Waals surface area (Å²) in [5, 5.41) is 11.3. The quantitative estimate of drug-likeness (QED) is 0.500. The molecule has 0 radical (unpaired) electrons. The monoisotopic (exact) mass is 254 g/mol. The van der Waals surface area contributed by atoms with Crippen LogP contribution < -0.4 is 0 Å². The summed E-state index contributed by atoms with van der Waals surface area (Å²) in [6, 6.07) is 7.98. The van der Waals surface area contributed by atoms with E-state index in [1.807, 2.05) is 0 Å². The summed E-state index contributed by atoms with van der Waals surface area (Å²) < 4.78 is 24.3. The van der Waals surface area contributed by atoms with Gasteiger partial charge in [-0.05, 0) is 12.1 Å². The van der Waals surface area contributed by atoms with Crippen LogP contribution in [0, 0.1) is 0 Å². The molecule has 0 amide bonds. The summed E-state index contributed by atoms with van der Waals surface area (Å²) in [5.41, 5.74) is 0. The van der Waals surface area contributed by atoms with E-state index in [4.69, 9.17) is 5.21 Å². The van der Waals surface area contributed by atoms with Gasteiger partial charge in [0, 0.05) is 20.3 Å². The van der Waals surface area contributed by atoms with Gasteiger partial charge in [-0.25, -0.2) is 8.42 Å². The van der Waals surface area contributed by atoms with Gasteiger partial charge in [0.05, 0.1) is 11.1 Å². The number of hydrogen-bond acceptors (Lipinski definition) is 5. The molecule has 5 nitrogen and oxygen atoms in total. The summed E-state index contributed by atoms with van der Waals surface area (Å²) >= 11 is 0. The van der Waals surface area contributed by atoms with Crippen molar-refractivity contribution in [2.75, 3.05) is 14.1 Å². The highest BCUT2D eigenvalue weighted by molar-refractivity contribution is 7.96. The maximum Gasteiger partial charge on any atom is 0.209 e. The zero-order valence-electron chi connectivity index (χ0n) is 9.61. The molecule has 0 bridgehead atoms. The largest absolute Gasteiger partial charge is 0.411 e. The lowest BCUT2D eigenvalue weighted by atomic mass is 10.4. The first-order valence-corrected chi connectivity index (χ1v) is 6.32. The van der Waals surface area contributed by atoms with Crippen LogP contribution in [0.1, 0.15) is 0 Å². The van der Waals surface area contributed by atoms with Crippen molar-refractivity contribution in [2.45, 2.75) is 4.90 Å². The van der Waals surface area contributed by atoms with Crippen LogP contribution in [0.5, 0.6) is 0 Å². The Morgan fingerprint density at radius 1 is 1.29 bits per heavy atom. The fraction of sp³-hybridized carbons (Fsp3) is 0.182. The van der Waals surface area contributed by atoms with Crippen LogP contribution in [-0.4, -0.2) is 38.8 Å². The molecular formula is C11H14N2O3S. The molecule has 0 saturated carbocycles. The van der Waals surface area contributed by atoms with Crippen molar-refractivity contribution >= 4 is 16.1 Å². The van der Waals surface area contributed by atoms with Gasteiger partial charge in [-0.15, -0.1) is 0 Å². The molecule has 0 aliphatic rings. The number of hydrogen-bond donors (Lipinski definition) is 1. The number of benzene rings is 1. The van der Waals surface area contributed by atoms with Crippen LogP contribution in [-0.2, 0) is 9.84 Å². The van der Waals surface area contributed by atoms with Crippen LogP contribution >= 0.6 is 0 Å². The Morgan fingerprint density at radius 2 is 1.88 bits per heavy atom. The molecule has 1 rings (SSSR count). The van der Waals surface area contributed by atoms with Crippen molar-refractivity contribution in [3.63, 3.8) is 0 Å². The molecule has 0 fully saturated rings. The van der Waals surface area contributed by atoms with Crippen LogP contribution in [0.25, 0.3) is 0 Å². The van der Waals surface area contributed by atoms with Gasteiger partial charge >= 0.3 is 0 Å². The molecule has 0 heterocycles. The van der Waals surface area contributed by atoms with Crippen molar-refractivity contribution in [2.24, 2.45) is 5.16 Å². The minimum atomic E-state index is -3.65. The maximum atomic E-state index is 12.2. The predicted octanol–water partition coefficient (Wildman–Crippen LogP) is 1.32. The molecule has 0 aliphatic heterocycles. The van der Waals surface area contributed by atoms with Gasteiger partial charge in [0.25, 0.3) is 0 Å². The lowest BCUT2D eigenvalue weighted by Crippen LogP contribution is -2.11. The number of nitrogens with zero attached hydrogens (tertiary/aromatic N) is 2. The fourth-order valence-electron chi connectivity index (χ4n) is 1.22. The van der Waals surface area contributed by atoms with Gasteiger partial charge in [-0.2, -0.15) is 0 Å². The van der Waals surface area contributed by atoms with Gasteiger partial charge < -0.3 is 10.1 Å². The third kappa shape index (κ3) is 3.32. The van der Waals surface area contributed by atoms with Gasteiger partial charge in [-0.3, -0.25) is 0 Å². The number of rotatable bonds is 4. The van der Waals surface area contributed by atoms with Crippen molar-refractivity contribution in [1.82, 2.24) is 4.90 Å². The Bertz CT molecular complexity index is 519. The van der Waals surface area contributed by atoms with E-state index < -0.39 is 9.84 Å². The molecule has 1 aromatic carbocycles. The minimum absolute atomic E-state index is 0.0730. The van der Waals surface area contributed by atoms with E-state index in [1.165, 1.54) is 18.3 Å². The van der Waals surface area contributed by atoms with Gasteiger partial charge in [0.15, 0.2) is 0 Å². The zero-order valence-corrected chi connectivity index (χ0v) is 10.4. The Balaban J connectivity index is 3.29. The van der Waals surface area contributed by atoms with E-state index in [9.17, 15) is 8.42 Å². The van der Waals surface area contributed by atoms with E-state index in [1.54, 1.807) is 37.2 Å². The Labute approximate surface area is 101 Å². The smallest absolute Gasteiger partial charge is 0.209 e. The van der Waals surface area contributed by atoms with E-state index in [-0.39, 0.29) is 9.80 Å². The second-order valence-electron chi connectivity index (χ2n) is 3.56. The Kier molecular flexibility index (Phi) is 4.28. The SMILES string of the molecule is CN(C)/C=C(/C=N/O)S(=O)(=O)c1ccccc1. The highest BCUT2D eigenvalue weighted by Crippen LogP contribution is 2.17. The van der Waals surface area contributed by atoms with Gasteiger partial charge in [0.2, 0.25) is 9.84 Å². The van der Waals surface area contributed by atoms with Crippen LogP contribution in [0.4, 0.5) is 0 Å². The topological polar surface area (TPSA) is 70.0 Å². The molecule has 1 N–H and O–H groups in total. The molecule has 17 heavy (non-hydrogen) atoms. The first-order valence-electron chi connectivity index (χ1n) is 4.84. The average Bonchev–Trinajstić information content (AvgIpc) is 2.29. The fourth-order valence-corrected chi connectivity index (χ4v) is 2.54. The first kappa shape index (κ1) is 13.2. The van der Waals surface area contributed by atoms with Crippen molar-refractivity contribution in [1.29, 1.82) is 0 Å². The summed E-state index contributed by atoms with van der Waals surface area (Å²) in [6.45, 7) is 0. The van der Waals surface area contributed by atoms with Crippen LogP contribution in [0.3, 0.4) is 0 Å². The second kappa shape index (κ2) is 5.49. The predicted molar refractivity (Wildman–Crippen MR) is 65.7 cm³/mol.